The Balaban J connectivity index is 0.000000152. The number of sulfonamides is 2. The largest absolute Gasteiger partial charge is 0.395 e. The quantitative estimate of drug-likeness (QED) is 0.136. The number of carbonyl (C=O) groups excluding carboxylic acids is 1. The van der Waals surface area contributed by atoms with E-state index in [2.05, 4.69) is 26.2 Å². The molecule has 0 saturated heterocycles. The monoisotopic (exact) mass is 992 g/mol. The summed E-state index contributed by atoms with van der Waals surface area (Å²) in [6, 6.07) is 11.8. The highest BCUT2D eigenvalue weighted by atomic mass is 32.2. The van der Waals surface area contributed by atoms with Crippen LogP contribution in [0.2, 0.25) is 0 Å². The fourth-order valence-electron chi connectivity index (χ4n) is 11.4. The number of aromatic nitrogens is 8. The van der Waals surface area contributed by atoms with Crippen LogP contribution in [0.15, 0.2) is 107 Å². The number of hydrogen-bond donors (Lipinski definition) is 1. The molecule has 4 aromatic heterocycles. The van der Waals surface area contributed by atoms with Crippen molar-refractivity contribution < 1.29 is 35.5 Å². The number of carbonyl (C=O) groups is 1. The van der Waals surface area contributed by atoms with Gasteiger partial charge in [0.15, 0.2) is 10.1 Å². The molecule has 12 rings (SSSR count). The van der Waals surface area contributed by atoms with Crippen LogP contribution >= 0.6 is 0 Å². The zero-order chi connectivity index (χ0) is 48.7. The van der Waals surface area contributed by atoms with Gasteiger partial charge >= 0.3 is 0 Å². The van der Waals surface area contributed by atoms with E-state index in [0.29, 0.717) is 51.4 Å². The Bertz CT molecular complexity index is 3280. The van der Waals surface area contributed by atoms with E-state index >= 15 is 0 Å². The zero-order valence-corrected chi connectivity index (χ0v) is 40.5. The summed E-state index contributed by atoms with van der Waals surface area (Å²) >= 11 is 0. The first-order valence-electron chi connectivity index (χ1n) is 23.8. The molecule has 4 fully saturated rings. The summed E-state index contributed by atoms with van der Waals surface area (Å²) < 4.78 is 91.3. The molecule has 6 aliphatic rings. The lowest BCUT2D eigenvalue weighted by Gasteiger charge is -2.46. The number of rotatable bonds is 12. The van der Waals surface area contributed by atoms with Crippen LogP contribution in [0, 0.1) is 22.5 Å². The minimum Gasteiger partial charge on any atom is -0.395 e. The van der Waals surface area contributed by atoms with Crippen LogP contribution in [0.1, 0.15) is 86.7 Å². The van der Waals surface area contributed by atoms with Crippen LogP contribution in [0.4, 0.5) is 8.78 Å². The number of fused-ring (bicyclic) bond motifs is 4. The summed E-state index contributed by atoms with van der Waals surface area (Å²) in [6.45, 7) is -0.0569. The van der Waals surface area contributed by atoms with Gasteiger partial charge in [-0.2, -0.15) is 18.8 Å². The molecule has 0 radical (unpaired) electrons. The highest BCUT2D eigenvalue weighted by molar-refractivity contribution is 7.89. The van der Waals surface area contributed by atoms with Crippen LogP contribution in [-0.4, -0.2) is 106 Å². The van der Waals surface area contributed by atoms with E-state index in [1.54, 1.807) is 84.1 Å². The maximum Gasteiger partial charge on any atom is 0.262 e. The summed E-state index contributed by atoms with van der Waals surface area (Å²) in [4.78, 5) is 20.9. The Morgan fingerprint density at radius 2 is 1.11 bits per heavy atom. The van der Waals surface area contributed by atoms with Crippen LogP contribution in [0.25, 0.3) is 23.5 Å². The van der Waals surface area contributed by atoms with Gasteiger partial charge in [0.2, 0.25) is 0 Å². The molecule has 0 bridgehead atoms. The molecular weight excluding hydrogens is 939 g/mol. The summed E-state index contributed by atoms with van der Waals surface area (Å²) in [5, 5.41) is 19.8. The molecule has 6 aromatic rings. The Kier molecular flexibility index (Phi) is 11.6. The Hall–Kier alpha value is -5.93. The van der Waals surface area contributed by atoms with Crippen molar-refractivity contribution in [2.75, 3.05) is 6.61 Å². The maximum absolute atomic E-state index is 13.6. The number of allylic oxidation sites excluding steroid dienone is 1. The molecule has 4 atom stereocenters. The summed E-state index contributed by atoms with van der Waals surface area (Å²) in [5.74, 6) is -0.612. The predicted molar refractivity (Wildman–Crippen MR) is 254 cm³/mol. The number of aliphatic hydroxyl groups excluding tert-OH is 1. The van der Waals surface area contributed by atoms with Crippen molar-refractivity contribution in [2.45, 2.75) is 111 Å². The average Bonchev–Trinajstić information content (AvgIpc) is 4.15. The van der Waals surface area contributed by atoms with Crippen molar-refractivity contribution in [2.24, 2.45) is 24.9 Å². The van der Waals surface area contributed by atoms with Gasteiger partial charge in [-0.1, -0.05) is 11.1 Å². The van der Waals surface area contributed by atoms with Gasteiger partial charge in [0.1, 0.15) is 17.9 Å². The Morgan fingerprint density at radius 3 is 1.56 bits per heavy atom. The molecule has 20 heteroatoms. The molecule has 6 aliphatic carbocycles. The van der Waals surface area contributed by atoms with Gasteiger partial charge in [-0.3, -0.25) is 0 Å². The number of hydrogen-bond acceptors (Lipinski definition) is 10. The number of aliphatic hydroxyl groups is 1. The number of imidazole rings is 2. The smallest absolute Gasteiger partial charge is 0.262 e. The number of benzene rings is 2. The molecule has 0 amide bonds. The van der Waals surface area contributed by atoms with Gasteiger partial charge in [-0.25, -0.2) is 44.9 Å². The van der Waals surface area contributed by atoms with Crippen molar-refractivity contribution in [3.05, 3.63) is 131 Å². The van der Waals surface area contributed by atoms with Crippen LogP contribution in [0.5, 0.6) is 0 Å². The summed E-state index contributed by atoms with van der Waals surface area (Å²) in [7, 11) is -3.99. The minimum absolute atomic E-state index is 0.00587. The van der Waals surface area contributed by atoms with E-state index in [4.69, 9.17) is 0 Å². The average molecular weight is 993 g/mol. The predicted octanol–water partition coefficient (Wildman–Crippen LogP) is 6.34. The second kappa shape index (κ2) is 17.4. The third kappa shape index (κ3) is 8.20. The molecule has 0 unspecified atom stereocenters. The number of nitrogens with zero attached hydrogens (tertiary/aromatic N) is 10. The fraction of sp³-hybridized carbons (Fsp3) is 0.420. The van der Waals surface area contributed by atoms with E-state index in [1.807, 2.05) is 6.08 Å². The third-order valence-corrected chi connectivity index (χ3v) is 18.9. The van der Waals surface area contributed by atoms with Gasteiger partial charge in [-0.15, -0.1) is 0 Å². The maximum atomic E-state index is 13.6. The van der Waals surface area contributed by atoms with Gasteiger partial charge in [0, 0.05) is 56.1 Å². The first-order chi connectivity index (χ1) is 33.6. The number of halogens is 2. The van der Waals surface area contributed by atoms with Crippen LogP contribution < -0.4 is 0 Å². The third-order valence-electron chi connectivity index (χ3n) is 15.1. The SMILES string of the molecule is Cn1cnc(S(=O)(=O)N(C2CC2)[C@H]2CCC3=Cc4c(cnn4-c4ccc(F)cc4)C[C@]3(C=O)C2)c1.Cn1cnc(S(=O)(=O)N(C2CC2)[C@H]2CCC3=Cc4c(cnn4-c4ccc(F)cc4)C[C@]3(CO)C2)c1. The molecule has 1 N–H and O–H groups in total. The molecule has 70 heavy (non-hydrogen) atoms. The standard InChI is InChI=1S/C25H28FN5O3S.C25H26FN5O3S/c2*1-29-14-24(27-16-29)35(33,34)31(21-8-9-21)22-5-2-18-10-23-17(11-25(18,12-22)15-32)13-28-30(23)20-6-3-19(26)4-7-20/h3-4,6-7,10,13-14,16,21-22,32H,2,5,8-9,11-12,15H2,1H3;3-4,6-7,10,13-16,21-22H,2,5,8-9,11-12H2,1H3/t2*22-,25+/m00/s1. The fourth-order valence-corrected chi connectivity index (χ4v) is 15.1. The first kappa shape index (κ1) is 46.5. The molecular formula is C50H54F2N10O6S2. The molecule has 366 valence electrons. The van der Waals surface area contributed by atoms with Crippen molar-refractivity contribution in [1.29, 1.82) is 0 Å². The zero-order valence-electron chi connectivity index (χ0n) is 38.8. The lowest BCUT2D eigenvalue weighted by molar-refractivity contribution is -0.116. The van der Waals surface area contributed by atoms with E-state index < -0.39 is 30.9 Å². The molecule has 4 heterocycles. The molecule has 16 nitrogen and oxygen atoms in total. The lowest BCUT2D eigenvalue weighted by Crippen LogP contribution is -2.49. The number of aryl methyl sites for hydroxylation is 2. The molecule has 0 spiro atoms. The Morgan fingerprint density at radius 1 is 0.657 bits per heavy atom. The van der Waals surface area contributed by atoms with Crippen molar-refractivity contribution in [1.82, 2.24) is 47.3 Å². The lowest BCUT2D eigenvalue weighted by atomic mass is 9.63. The van der Waals surface area contributed by atoms with Gasteiger partial charge in [0.05, 0.1) is 59.8 Å². The summed E-state index contributed by atoms with van der Waals surface area (Å²) in [5.41, 5.74) is 6.11. The van der Waals surface area contributed by atoms with E-state index in [-0.39, 0.29) is 52.5 Å². The van der Waals surface area contributed by atoms with Gasteiger partial charge < -0.3 is 19.0 Å². The Labute approximate surface area is 405 Å². The topological polar surface area (TPSA) is 183 Å². The second-order valence-electron chi connectivity index (χ2n) is 20.0. The van der Waals surface area contributed by atoms with Gasteiger partial charge in [-0.05, 0) is 149 Å². The second-order valence-corrected chi connectivity index (χ2v) is 23.6. The van der Waals surface area contributed by atoms with Crippen molar-refractivity contribution in [3.8, 4) is 11.4 Å². The highest BCUT2D eigenvalue weighted by Crippen LogP contribution is 2.52. The number of aldehydes is 1. The summed E-state index contributed by atoms with van der Waals surface area (Å²) in [6.07, 6.45) is 22.8. The first-order valence-corrected chi connectivity index (χ1v) is 26.7. The molecule has 2 aromatic carbocycles. The highest BCUT2D eigenvalue weighted by Gasteiger charge is 2.52. The van der Waals surface area contributed by atoms with Crippen molar-refractivity contribution >= 4 is 38.5 Å². The van der Waals surface area contributed by atoms with E-state index in [9.17, 15) is 35.5 Å². The normalized spacial score (nSPS) is 24.2. The molecule has 0 aliphatic heterocycles. The van der Waals surface area contributed by atoms with Crippen molar-refractivity contribution in [3.63, 3.8) is 0 Å². The van der Waals surface area contributed by atoms with E-state index in [1.165, 1.54) is 43.1 Å². The van der Waals surface area contributed by atoms with Gasteiger partial charge in [0.25, 0.3) is 20.0 Å². The van der Waals surface area contributed by atoms with E-state index in [0.717, 1.165) is 77.0 Å². The van der Waals surface area contributed by atoms with Crippen LogP contribution in [0.3, 0.4) is 0 Å². The molecule has 4 saturated carbocycles. The van der Waals surface area contributed by atoms with Crippen LogP contribution in [-0.2, 0) is 51.8 Å². The minimum atomic E-state index is -3.77.